The second-order valence-electron chi connectivity index (χ2n) is 4.84. The molecule has 23 heavy (non-hydrogen) atoms. The van der Waals surface area contributed by atoms with Crippen molar-refractivity contribution in [1.82, 2.24) is 0 Å². The van der Waals surface area contributed by atoms with E-state index in [0.717, 1.165) is 5.56 Å². The molecular formula is C18H14FN3S. The summed E-state index contributed by atoms with van der Waals surface area (Å²) in [5.74, 6) is 0.221. The number of nitriles is 2. The van der Waals surface area contributed by atoms with Crippen molar-refractivity contribution < 1.29 is 4.39 Å². The van der Waals surface area contributed by atoms with Gasteiger partial charge < -0.3 is 5.32 Å². The molecule has 0 aliphatic rings. The zero-order valence-corrected chi connectivity index (χ0v) is 13.3. The normalized spacial score (nSPS) is 9.57. The van der Waals surface area contributed by atoms with Crippen molar-refractivity contribution in [3.8, 4) is 12.1 Å². The lowest BCUT2D eigenvalue weighted by Crippen LogP contribution is -2.00. The maximum absolute atomic E-state index is 13.3. The third-order valence-electron chi connectivity index (χ3n) is 3.04. The van der Waals surface area contributed by atoms with Crippen LogP contribution in [0.5, 0.6) is 0 Å². The Morgan fingerprint density at radius 1 is 1.13 bits per heavy atom. The Morgan fingerprint density at radius 2 is 1.83 bits per heavy atom. The number of anilines is 1. The molecule has 3 nitrogen and oxygen atoms in total. The van der Waals surface area contributed by atoms with Crippen LogP contribution < -0.4 is 5.32 Å². The van der Waals surface area contributed by atoms with Crippen LogP contribution >= 0.6 is 11.8 Å². The fraction of sp³-hybridized carbons (Fsp3) is 0.111. The standard InChI is InChI=1S/C18H14FN3S/c1-13-5-7-14(8-6-13)12-23-18(15(10-20)11-21)22-17-4-2-3-16(19)9-17/h2-9,22H,12H2,1H3. The molecule has 2 aromatic rings. The third-order valence-corrected chi connectivity index (χ3v) is 4.11. The molecule has 0 saturated heterocycles. The van der Waals surface area contributed by atoms with Crippen LogP contribution in [-0.2, 0) is 5.75 Å². The Bertz CT molecular complexity index is 782. The molecule has 2 aromatic carbocycles. The topological polar surface area (TPSA) is 59.6 Å². The lowest BCUT2D eigenvalue weighted by molar-refractivity contribution is 0.628. The number of nitrogens with one attached hydrogen (secondary N) is 1. The van der Waals surface area contributed by atoms with Gasteiger partial charge in [0.25, 0.3) is 0 Å². The second-order valence-corrected chi connectivity index (χ2v) is 5.82. The van der Waals surface area contributed by atoms with E-state index in [-0.39, 0.29) is 11.4 Å². The summed E-state index contributed by atoms with van der Waals surface area (Å²) in [5.41, 5.74) is 2.72. The fourth-order valence-corrected chi connectivity index (χ4v) is 2.76. The van der Waals surface area contributed by atoms with Crippen molar-refractivity contribution in [3.05, 3.63) is 76.1 Å². The van der Waals surface area contributed by atoms with Gasteiger partial charge in [-0.05, 0) is 30.7 Å². The average molecular weight is 323 g/mol. The first kappa shape index (κ1) is 16.6. The summed E-state index contributed by atoms with van der Waals surface area (Å²) in [6.45, 7) is 2.01. The Kier molecular flexibility index (Phi) is 5.80. The quantitative estimate of drug-likeness (QED) is 0.808. The smallest absolute Gasteiger partial charge is 0.159 e. The van der Waals surface area contributed by atoms with Gasteiger partial charge >= 0.3 is 0 Å². The number of thioether (sulfide) groups is 1. The zero-order valence-electron chi connectivity index (χ0n) is 12.5. The predicted octanol–water partition coefficient (Wildman–Crippen LogP) is 4.74. The number of nitrogens with zero attached hydrogens (tertiary/aromatic N) is 2. The van der Waals surface area contributed by atoms with Gasteiger partial charge in [0.1, 0.15) is 23.0 Å². The third kappa shape index (κ3) is 4.88. The largest absolute Gasteiger partial charge is 0.348 e. The average Bonchev–Trinajstić information content (AvgIpc) is 2.55. The molecule has 0 saturated carbocycles. The summed E-state index contributed by atoms with van der Waals surface area (Å²) < 4.78 is 13.3. The van der Waals surface area contributed by atoms with Crippen LogP contribution in [0.4, 0.5) is 10.1 Å². The lowest BCUT2D eigenvalue weighted by atomic mass is 10.2. The van der Waals surface area contributed by atoms with Crippen molar-refractivity contribution in [2.24, 2.45) is 0 Å². The van der Waals surface area contributed by atoms with Crippen molar-refractivity contribution in [1.29, 1.82) is 10.5 Å². The van der Waals surface area contributed by atoms with Gasteiger partial charge in [0.15, 0.2) is 5.57 Å². The van der Waals surface area contributed by atoms with E-state index in [2.05, 4.69) is 5.32 Å². The van der Waals surface area contributed by atoms with E-state index < -0.39 is 0 Å². The maximum atomic E-state index is 13.3. The van der Waals surface area contributed by atoms with Gasteiger partial charge in [-0.25, -0.2) is 4.39 Å². The molecule has 0 heterocycles. The highest BCUT2D eigenvalue weighted by atomic mass is 32.2. The summed E-state index contributed by atoms with van der Waals surface area (Å²) in [5, 5.41) is 21.6. The van der Waals surface area contributed by atoms with E-state index >= 15 is 0 Å². The van der Waals surface area contributed by atoms with Gasteiger partial charge in [-0.3, -0.25) is 0 Å². The van der Waals surface area contributed by atoms with Gasteiger partial charge in [-0.1, -0.05) is 35.9 Å². The van der Waals surface area contributed by atoms with Crippen molar-refractivity contribution in [3.63, 3.8) is 0 Å². The molecule has 0 atom stereocenters. The van der Waals surface area contributed by atoms with Gasteiger partial charge in [-0.15, -0.1) is 11.8 Å². The van der Waals surface area contributed by atoms with Crippen LogP contribution in [-0.4, -0.2) is 0 Å². The number of hydrogen-bond acceptors (Lipinski definition) is 4. The van der Waals surface area contributed by atoms with E-state index in [4.69, 9.17) is 10.5 Å². The van der Waals surface area contributed by atoms with Crippen molar-refractivity contribution in [2.75, 3.05) is 5.32 Å². The number of halogens is 1. The van der Waals surface area contributed by atoms with E-state index in [9.17, 15) is 4.39 Å². The molecule has 0 aliphatic carbocycles. The minimum absolute atomic E-state index is 0.0219. The van der Waals surface area contributed by atoms with Gasteiger partial charge in [0.2, 0.25) is 0 Å². The molecule has 0 bridgehead atoms. The van der Waals surface area contributed by atoms with Crippen LogP contribution in [0.15, 0.2) is 59.1 Å². The van der Waals surface area contributed by atoms with Crippen LogP contribution in [0.25, 0.3) is 0 Å². The van der Waals surface area contributed by atoms with Gasteiger partial charge in [-0.2, -0.15) is 10.5 Å². The number of rotatable bonds is 5. The highest BCUT2D eigenvalue weighted by molar-refractivity contribution is 8.02. The monoisotopic (exact) mass is 323 g/mol. The van der Waals surface area contributed by atoms with E-state index in [1.807, 2.05) is 43.3 Å². The minimum atomic E-state index is -0.381. The molecule has 0 unspecified atom stereocenters. The molecule has 0 spiro atoms. The van der Waals surface area contributed by atoms with Crippen LogP contribution in [0, 0.1) is 35.4 Å². The Morgan fingerprint density at radius 3 is 2.43 bits per heavy atom. The van der Waals surface area contributed by atoms with Crippen molar-refractivity contribution >= 4 is 17.4 Å². The van der Waals surface area contributed by atoms with E-state index in [1.54, 1.807) is 12.1 Å². The molecule has 0 amide bonds. The van der Waals surface area contributed by atoms with Crippen LogP contribution in [0.3, 0.4) is 0 Å². The van der Waals surface area contributed by atoms with Gasteiger partial charge in [0, 0.05) is 11.4 Å². The van der Waals surface area contributed by atoms with Crippen molar-refractivity contribution in [2.45, 2.75) is 12.7 Å². The fourth-order valence-electron chi connectivity index (χ4n) is 1.83. The summed E-state index contributed by atoms with van der Waals surface area (Å²) in [4.78, 5) is 0. The predicted molar refractivity (Wildman–Crippen MR) is 90.7 cm³/mol. The molecule has 114 valence electrons. The molecule has 0 aromatic heterocycles. The Hall–Kier alpha value is -2.76. The maximum Gasteiger partial charge on any atom is 0.159 e. The summed E-state index contributed by atoms with van der Waals surface area (Å²) in [6.07, 6.45) is 0. The molecule has 2 rings (SSSR count). The number of allylic oxidation sites excluding steroid dienone is 1. The molecule has 0 fully saturated rings. The number of benzene rings is 2. The van der Waals surface area contributed by atoms with E-state index in [1.165, 1.54) is 29.5 Å². The zero-order chi connectivity index (χ0) is 16.7. The SMILES string of the molecule is Cc1ccc(CSC(Nc2cccc(F)c2)=C(C#N)C#N)cc1. The van der Waals surface area contributed by atoms with Crippen LogP contribution in [0.1, 0.15) is 11.1 Å². The molecule has 0 aliphatic heterocycles. The van der Waals surface area contributed by atoms with Crippen LogP contribution in [0.2, 0.25) is 0 Å². The second kappa shape index (κ2) is 8.03. The molecule has 0 radical (unpaired) electrons. The summed E-state index contributed by atoms with van der Waals surface area (Å²) in [7, 11) is 0. The first-order valence-electron chi connectivity index (χ1n) is 6.88. The summed E-state index contributed by atoms with van der Waals surface area (Å²) in [6, 6.07) is 17.7. The first-order valence-corrected chi connectivity index (χ1v) is 7.86. The first-order chi connectivity index (χ1) is 11.1. The Labute approximate surface area is 139 Å². The number of hydrogen-bond donors (Lipinski definition) is 1. The highest BCUT2D eigenvalue weighted by Crippen LogP contribution is 2.26. The van der Waals surface area contributed by atoms with Gasteiger partial charge in [0.05, 0.1) is 0 Å². The summed E-state index contributed by atoms with van der Waals surface area (Å²) >= 11 is 1.34. The number of aryl methyl sites for hydroxylation is 1. The minimum Gasteiger partial charge on any atom is -0.348 e. The lowest BCUT2D eigenvalue weighted by Gasteiger charge is -2.11. The Balaban J connectivity index is 2.19. The molecular weight excluding hydrogens is 309 g/mol. The molecule has 5 heteroatoms. The molecule has 1 N–H and O–H groups in total. The highest BCUT2D eigenvalue weighted by Gasteiger charge is 2.09. The van der Waals surface area contributed by atoms with E-state index in [0.29, 0.717) is 16.5 Å².